The lowest BCUT2D eigenvalue weighted by molar-refractivity contribution is 0.0985. The summed E-state index contributed by atoms with van der Waals surface area (Å²) in [5.74, 6) is -0.146. The predicted octanol–water partition coefficient (Wildman–Crippen LogP) is 6.05. The van der Waals surface area contributed by atoms with Crippen molar-refractivity contribution in [1.82, 2.24) is 4.98 Å². The number of carbonyl (C=O) groups is 1. The summed E-state index contributed by atoms with van der Waals surface area (Å²) < 4.78 is 24.7. The van der Waals surface area contributed by atoms with Gasteiger partial charge < -0.3 is 0 Å². The molecule has 1 aromatic heterocycles. The number of thioether (sulfide) groups is 1. The van der Waals surface area contributed by atoms with E-state index in [1.165, 1.54) is 17.6 Å². The molecule has 1 amide bonds. The molecule has 0 unspecified atom stereocenters. The molecule has 0 spiro atoms. The normalized spacial score (nSPS) is 11.8. The van der Waals surface area contributed by atoms with Crippen LogP contribution in [-0.2, 0) is 16.4 Å². The Morgan fingerprint density at radius 3 is 2.48 bits per heavy atom. The number of aromatic nitrogens is 1. The van der Waals surface area contributed by atoms with Crippen molar-refractivity contribution in [2.45, 2.75) is 35.4 Å². The summed E-state index contributed by atoms with van der Waals surface area (Å²) in [5.41, 5.74) is 2.24. The molecule has 0 fully saturated rings. The third kappa shape index (κ3) is 5.63. The van der Waals surface area contributed by atoms with Gasteiger partial charge in [0.1, 0.15) is 0 Å². The van der Waals surface area contributed by atoms with Gasteiger partial charge >= 0.3 is 0 Å². The molecule has 8 heteroatoms. The van der Waals surface area contributed by atoms with Crippen LogP contribution in [0, 0.1) is 0 Å². The van der Waals surface area contributed by atoms with Gasteiger partial charge in [-0.05, 0) is 42.0 Å². The minimum atomic E-state index is -3.33. The predicted molar refractivity (Wildman–Crippen MR) is 137 cm³/mol. The molecule has 0 aliphatic rings. The van der Waals surface area contributed by atoms with E-state index in [1.807, 2.05) is 54.6 Å². The highest BCUT2D eigenvalue weighted by Crippen LogP contribution is 2.33. The van der Waals surface area contributed by atoms with Gasteiger partial charge in [-0.15, -0.1) is 11.8 Å². The molecule has 0 atom stereocenters. The summed E-state index contributed by atoms with van der Waals surface area (Å²) in [6.45, 7) is 4.60. The highest BCUT2D eigenvalue weighted by Gasteiger charge is 2.23. The van der Waals surface area contributed by atoms with Crippen molar-refractivity contribution in [3.05, 3.63) is 83.9 Å². The van der Waals surface area contributed by atoms with Crippen molar-refractivity contribution in [2.24, 2.45) is 0 Å². The maximum atomic E-state index is 13.7. The van der Waals surface area contributed by atoms with Crippen LogP contribution in [0.3, 0.4) is 0 Å². The number of hydrogen-bond acceptors (Lipinski definition) is 6. The van der Waals surface area contributed by atoms with Gasteiger partial charge in [0.05, 0.1) is 21.7 Å². The number of thiazole rings is 1. The lowest BCUT2D eigenvalue weighted by atomic mass is 10.1. The fraction of sp³-hybridized carbons (Fsp3) is 0.200. The van der Waals surface area contributed by atoms with Gasteiger partial charge in [0.2, 0.25) is 0 Å². The fourth-order valence-corrected chi connectivity index (χ4v) is 5.98. The van der Waals surface area contributed by atoms with Crippen LogP contribution in [0.15, 0.2) is 82.6 Å². The SMILES string of the molecule is CC(C)Sc1cccc(C(=O)N(Cc2ccccc2)c2nc3ccc(S(C)(=O)=O)cc3s2)c1. The second-order valence-corrected chi connectivity index (χ2v) is 12.6. The Hall–Kier alpha value is -2.68. The highest BCUT2D eigenvalue weighted by atomic mass is 32.2. The largest absolute Gasteiger partial charge is 0.279 e. The molecular weight excluding hydrogens is 472 g/mol. The van der Waals surface area contributed by atoms with Crippen LogP contribution in [-0.4, -0.2) is 30.8 Å². The summed E-state index contributed by atoms with van der Waals surface area (Å²) >= 11 is 3.03. The molecule has 1 heterocycles. The summed E-state index contributed by atoms with van der Waals surface area (Å²) in [6, 6.07) is 22.3. The minimum absolute atomic E-state index is 0.146. The average molecular weight is 497 g/mol. The second kappa shape index (κ2) is 9.67. The summed E-state index contributed by atoms with van der Waals surface area (Å²) in [5, 5.41) is 0.940. The first kappa shape index (κ1) is 23.5. The lowest BCUT2D eigenvalue weighted by Gasteiger charge is -2.20. The Balaban J connectivity index is 1.76. The first-order valence-electron chi connectivity index (χ1n) is 10.4. The zero-order chi connectivity index (χ0) is 23.6. The Bertz CT molecular complexity index is 1400. The van der Waals surface area contributed by atoms with Gasteiger partial charge in [0.15, 0.2) is 15.0 Å². The number of hydrogen-bond donors (Lipinski definition) is 0. The van der Waals surface area contributed by atoms with Crippen molar-refractivity contribution >= 4 is 54.2 Å². The molecule has 4 aromatic rings. The monoisotopic (exact) mass is 496 g/mol. The number of nitrogens with zero attached hydrogens (tertiary/aromatic N) is 2. The minimum Gasteiger partial charge on any atom is -0.279 e. The standard InChI is InChI=1S/C25H24N2O3S3/c1-17(2)31-20-11-7-10-19(14-20)24(28)27(16-18-8-5-4-6-9-18)25-26-22-13-12-21(33(3,29)30)15-23(22)32-25/h4-15,17H,16H2,1-3H3. The van der Waals surface area contributed by atoms with Crippen molar-refractivity contribution in [1.29, 1.82) is 0 Å². The highest BCUT2D eigenvalue weighted by molar-refractivity contribution is 7.99. The second-order valence-electron chi connectivity index (χ2n) is 7.97. The molecule has 4 rings (SSSR count). The topological polar surface area (TPSA) is 67.3 Å². The maximum absolute atomic E-state index is 13.7. The third-order valence-electron chi connectivity index (χ3n) is 4.89. The van der Waals surface area contributed by atoms with E-state index in [0.29, 0.717) is 28.0 Å². The Labute approximate surface area is 202 Å². The van der Waals surface area contributed by atoms with E-state index in [0.717, 1.165) is 15.2 Å². The number of fused-ring (bicyclic) bond motifs is 1. The number of sulfone groups is 1. The van der Waals surface area contributed by atoms with E-state index in [-0.39, 0.29) is 10.8 Å². The number of benzene rings is 3. The van der Waals surface area contributed by atoms with Gasteiger partial charge in [0.25, 0.3) is 5.91 Å². The van der Waals surface area contributed by atoms with Gasteiger partial charge in [-0.2, -0.15) is 0 Å². The molecule has 0 saturated heterocycles. The smallest absolute Gasteiger partial charge is 0.260 e. The van der Waals surface area contributed by atoms with Crippen LogP contribution < -0.4 is 4.90 Å². The maximum Gasteiger partial charge on any atom is 0.260 e. The van der Waals surface area contributed by atoms with Crippen LogP contribution in [0.25, 0.3) is 10.2 Å². The third-order valence-corrected chi connectivity index (χ3v) is 8.04. The molecule has 3 aromatic carbocycles. The summed E-state index contributed by atoms with van der Waals surface area (Å²) in [7, 11) is -3.33. The Morgan fingerprint density at radius 2 is 1.79 bits per heavy atom. The molecule has 0 aliphatic heterocycles. The zero-order valence-corrected chi connectivity index (χ0v) is 21.0. The van der Waals surface area contributed by atoms with E-state index in [4.69, 9.17) is 0 Å². The van der Waals surface area contributed by atoms with Gasteiger partial charge in [-0.3, -0.25) is 9.69 Å². The molecule has 170 valence electrons. The first-order valence-corrected chi connectivity index (χ1v) is 14.0. The van der Waals surface area contributed by atoms with Crippen molar-refractivity contribution in [2.75, 3.05) is 11.2 Å². The van der Waals surface area contributed by atoms with Crippen LogP contribution in [0.2, 0.25) is 0 Å². The number of anilines is 1. The van der Waals surface area contributed by atoms with Crippen molar-refractivity contribution in [3.8, 4) is 0 Å². The van der Waals surface area contributed by atoms with Gasteiger partial charge in [-0.25, -0.2) is 13.4 Å². The molecule has 0 saturated carbocycles. The molecular formula is C25H24N2O3S3. The summed E-state index contributed by atoms with van der Waals surface area (Å²) in [4.78, 5) is 21.3. The number of amides is 1. The fourth-order valence-electron chi connectivity index (χ4n) is 3.36. The van der Waals surface area contributed by atoms with Gasteiger partial charge in [-0.1, -0.05) is 61.6 Å². The van der Waals surface area contributed by atoms with E-state index >= 15 is 0 Å². The van der Waals surface area contributed by atoms with E-state index in [1.54, 1.807) is 34.9 Å². The van der Waals surface area contributed by atoms with Crippen molar-refractivity contribution < 1.29 is 13.2 Å². The van der Waals surface area contributed by atoms with Crippen LogP contribution in [0.4, 0.5) is 5.13 Å². The van der Waals surface area contributed by atoms with Crippen LogP contribution in [0.5, 0.6) is 0 Å². The van der Waals surface area contributed by atoms with Gasteiger partial charge in [0, 0.05) is 22.0 Å². The quantitative estimate of drug-likeness (QED) is 0.292. The molecule has 33 heavy (non-hydrogen) atoms. The van der Waals surface area contributed by atoms with Crippen molar-refractivity contribution in [3.63, 3.8) is 0 Å². The number of rotatable bonds is 7. The van der Waals surface area contributed by atoms with Crippen LogP contribution in [0.1, 0.15) is 29.8 Å². The number of carbonyl (C=O) groups excluding carboxylic acids is 1. The molecule has 0 aliphatic carbocycles. The summed E-state index contributed by atoms with van der Waals surface area (Å²) in [6.07, 6.45) is 1.18. The molecule has 0 N–H and O–H groups in total. The lowest BCUT2D eigenvalue weighted by Crippen LogP contribution is -2.30. The zero-order valence-electron chi connectivity index (χ0n) is 18.6. The Morgan fingerprint density at radius 1 is 1.03 bits per heavy atom. The molecule has 5 nitrogen and oxygen atoms in total. The average Bonchev–Trinajstić information content (AvgIpc) is 3.20. The Kier molecular flexibility index (Phi) is 6.88. The molecule has 0 bridgehead atoms. The molecule has 0 radical (unpaired) electrons. The van der Waals surface area contributed by atoms with E-state index < -0.39 is 9.84 Å². The first-order chi connectivity index (χ1) is 15.7. The van der Waals surface area contributed by atoms with Crippen LogP contribution >= 0.6 is 23.1 Å². The van der Waals surface area contributed by atoms with E-state index in [9.17, 15) is 13.2 Å². The van der Waals surface area contributed by atoms with E-state index in [2.05, 4.69) is 18.8 Å².